The number of nitrogens with one attached hydrogen (secondary N) is 1. The minimum Gasteiger partial charge on any atom is -0.488 e. The Bertz CT molecular complexity index is 1160. The summed E-state index contributed by atoms with van der Waals surface area (Å²) in [6.07, 6.45) is 3.27. The first-order valence-electron chi connectivity index (χ1n) is 8.26. The van der Waals surface area contributed by atoms with Crippen LogP contribution in [0, 0.1) is 4.77 Å². The molecule has 0 radical (unpaired) electrons. The maximum absolute atomic E-state index is 6.08. The number of halogens is 1. The highest BCUT2D eigenvalue weighted by molar-refractivity contribution is 7.71. The second-order valence-corrected chi connectivity index (χ2v) is 6.69. The van der Waals surface area contributed by atoms with Crippen LogP contribution in [0.25, 0.3) is 10.8 Å². The molecular formula is C20H15ClN4OS. The molecule has 5 nitrogen and oxygen atoms in total. The van der Waals surface area contributed by atoms with Crippen molar-refractivity contribution < 1.29 is 4.74 Å². The Kier molecular flexibility index (Phi) is 5.00. The number of fused-ring (bicyclic) bond motifs is 1. The van der Waals surface area contributed by atoms with Crippen LogP contribution < -0.4 is 4.74 Å². The molecule has 4 aromatic rings. The van der Waals surface area contributed by atoms with Gasteiger partial charge in [-0.1, -0.05) is 54.1 Å². The molecule has 0 unspecified atom stereocenters. The number of hydrogen-bond donors (Lipinski definition) is 1. The van der Waals surface area contributed by atoms with Gasteiger partial charge in [-0.05, 0) is 46.8 Å². The molecule has 134 valence electrons. The number of ether oxygens (including phenoxy) is 1. The number of H-pyrrole nitrogens is 1. The maximum Gasteiger partial charge on any atom is 0.216 e. The van der Waals surface area contributed by atoms with Crippen LogP contribution in [0.15, 0.2) is 72.1 Å². The molecule has 3 aromatic carbocycles. The Morgan fingerprint density at radius 2 is 1.93 bits per heavy atom. The van der Waals surface area contributed by atoms with E-state index in [-0.39, 0.29) is 0 Å². The van der Waals surface area contributed by atoms with E-state index in [1.165, 1.54) is 11.0 Å². The topological polar surface area (TPSA) is 55.2 Å². The zero-order valence-corrected chi connectivity index (χ0v) is 15.7. The molecule has 0 amide bonds. The number of rotatable bonds is 5. The highest BCUT2D eigenvalue weighted by Crippen LogP contribution is 2.27. The SMILES string of the molecule is S=c1[nH]ncn1/N=C\c1c(OCc2ccc(Cl)cc2)ccc2ccccc12. The predicted octanol–water partition coefficient (Wildman–Crippen LogP) is 5.21. The first kappa shape index (κ1) is 17.5. The van der Waals surface area contributed by atoms with Crippen molar-refractivity contribution in [3.8, 4) is 5.75 Å². The lowest BCUT2D eigenvalue weighted by Gasteiger charge is -2.12. The lowest BCUT2D eigenvalue weighted by molar-refractivity contribution is 0.306. The smallest absolute Gasteiger partial charge is 0.216 e. The van der Waals surface area contributed by atoms with Crippen molar-refractivity contribution in [1.82, 2.24) is 14.9 Å². The molecular weight excluding hydrogens is 380 g/mol. The summed E-state index contributed by atoms with van der Waals surface area (Å²) >= 11 is 11.1. The van der Waals surface area contributed by atoms with E-state index in [0.717, 1.165) is 27.6 Å². The van der Waals surface area contributed by atoms with Crippen LogP contribution in [0.4, 0.5) is 0 Å². The predicted molar refractivity (Wildman–Crippen MR) is 110 cm³/mol. The van der Waals surface area contributed by atoms with Crippen molar-refractivity contribution >= 4 is 40.8 Å². The van der Waals surface area contributed by atoms with E-state index in [1.54, 1.807) is 6.21 Å². The van der Waals surface area contributed by atoms with Gasteiger partial charge in [-0.3, -0.25) is 5.10 Å². The Morgan fingerprint density at radius 3 is 2.70 bits per heavy atom. The monoisotopic (exact) mass is 394 g/mol. The molecule has 4 rings (SSSR count). The molecule has 1 aromatic heterocycles. The Morgan fingerprint density at radius 1 is 1.11 bits per heavy atom. The van der Waals surface area contributed by atoms with Crippen molar-refractivity contribution in [1.29, 1.82) is 0 Å². The van der Waals surface area contributed by atoms with Crippen LogP contribution in [-0.4, -0.2) is 21.1 Å². The zero-order valence-electron chi connectivity index (χ0n) is 14.2. The van der Waals surface area contributed by atoms with Crippen molar-refractivity contribution in [2.75, 3.05) is 0 Å². The second-order valence-electron chi connectivity index (χ2n) is 5.86. The summed E-state index contributed by atoms with van der Waals surface area (Å²) in [5.74, 6) is 0.738. The van der Waals surface area contributed by atoms with E-state index >= 15 is 0 Å². The van der Waals surface area contributed by atoms with Crippen molar-refractivity contribution in [3.05, 3.63) is 87.9 Å². The highest BCUT2D eigenvalue weighted by atomic mass is 35.5. The molecule has 0 aliphatic carbocycles. The number of aromatic amines is 1. The van der Waals surface area contributed by atoms with Crippen molar-refractivity contribution in [2.45, 2.75) is 6.61 Å². The van der Waals surface area contributed by atoms with E-state index in [1.807, 2.05) is 54.6 Å². The fraction of sp³-hybridized carbons (Fsp3) is 0.0500. The van der Waals surface area contributed by atoms with E-state index in [4.69, 9.17) is 28.6 Å². The summed E-state index contributed by atoms with van der Waals surface area (Å²) in [5, 5.41) is 13.8. The van der Waals surface area contributed by atoms with Crippen LogP contribution in [0.5, 0.6) is 5.75 Å². The molecule has 0 saturated carbocycles. The van der Waals surface area contributed by atoms with Crippen LogP contribution in [0.1, 0.15) is 11.1 Å². The van der Waals surface area contributed by atoms with Gasteiger partial charge in [0.05, 0.1) is 6.21 Å². The fourth-order valence-corrected chi connectivity index (χ4v) is 2.99. The fourth-order valence-electron chi connectivity index (χ4n) is 2.72. The molecule has 7 heteroatoms. The Labute approximate surface area is 165 Å². The summed E-state index contributed by atoms with van der Waals surface area (Å²) in [6.45, 7) is 0.432. The molecule has 0 aliphatic rings. The van der Waals surface area contributed by atoms with E-state index in [9.17, 15) is 0 Å². The van der Waals surface area contributed by atoms with Crippen molar-refractivity contribution in [2.24, 2.45) is 5.10 Å². The number of benzene rings is 3. The average molecular weight is 395 g/mol. The molecule has 1 heterocycles. The van der Waals surface area contributed by atoms with Crippen LogP contribution in [-0.2, 0) is 6.61 Å². The molecule has 27 heavy (non-hydrogen) atoms. The zero-order chi connectivity index (χ0) is 18.6. The molecule has 0 bridgehead atoms. The van der Waals surface area contributed by atoms with Crippen LogP contribution in [0.3, 0.4) is 0 Å². The van der Waals surface area contributed by atoms with Gasteiger partial charge < -0.3 is 4.74 Å². The molecule has 0 spiro atoms. The first-order chi connectivity index (χ1) is 13.2. The van der Waals surface area contributed by atoms with Crippen LogP contribution in [0.2, 0.25) is 5.02 Å². The maximum atomic E-state index is 6.08. The molecule has 0 atom stereocenters. The third kappa shape index (κ3) is 3.92. The minimum absolute atomic E-state index is 0.426. The Balaban J connectivity index is 1.70. The normalized spacial score (nSPS) is 11.3. The van der Waals surface area contributed by atoms with Gasteiger partial charge >= 0.3 is 0 Å². The van der Waals surface area contributed by atoms with Gasteiger partial charge in [0, 0.05) is 10.6 Å². The average Bonchev–Trinajstić information content (AvgIpc) is 3.11. The summed E-state index contributed by atoms with van der Waals surface area (Å²) < 4.78 is 8.00. The van der Waals surface area contributed by atoms with E-state index < -0.39 is 0 Å². The minimum atomic E-state index is 0.426. The van der Waals surface area contributed by atoms with E-state index in [0.29, 0.717) is 16.4 Å². The quantitative estimate of drug-likeness (QED) is 0.373. The van der Waals surface area contributed by atoms with Gasteiger partial charge in [-0.25, -0.2) is 0 Å². The molecule has 1 N–H and O–H groups in total. The molecule has 0 saturated heterocycles. The van der Waals surface area contributed by atoms with E-state index in [2.05, 4.69) is 21.4 Å². The largest absolute Gasteiger partial charge is 0.488 e. The third-order valence-electron chi connectivity index (χ3n) is 4.08. The highest BCUT2D eigenvalue weighted by Gasteiger charge is 2.08. The van der Waals surface area contributed by atoms with Gasteiger partial charge in [0.2, 0.25) is 4.77 Å². The van der Waals surface area contributed by atoms with Gasteiger partial charge in [0.25, 0.3) is 0 Å². The second kappa shape index (κ2) is 7.73. The van der Waals surface area contributed by atoms with Crippen molar-refractivity contribution in [3.63, 3.8) is 0 Å². The van der Waals surface area contributed by atoms with Crippen LogP contribution >= 0.6 is 23.8 Å². The first-order valence-corrected chi connectivity index (χ1v) is 9.05. The van der Waals surface area contributed by atoms with Gasteiger partial charge in [0.15, 0.2) is 0 Å². The number of hydrogen-bond acceptors (Lipinski definition) is 4. The number of aromatic nitrogens is 3. The standard InChI is InChI=1S/C20H15ClN4OS/c21-16-8-5-14(6-9-16)12-26-19-10-7-15-3-1-2-4-17(15)18(19)11-23-25-13-22-24-20(25)27/h1-11,13H,12H2,(H,24,27)/b23-11-. The van der Waals surface area contributed by atoms with Gasteiger partial charge in [-0.2, -0.15) is 14.9 Å². The lowest BCUT2D eigenvalue weighted by atomic mass is 10.0. The molecule has 0 aliphatic heterocycles. The number of nitrogens with zero attached hydrogens (tertiary/aromatic N) is 3. The summed E-state index contributed by atoms with van der Waals surface area (Å²) in [7, 11) is 0. The Hall–Kier alpha value is -2.96. The van der Waals surface area contributed by atoms with Gasteiger partial charge in [0.1, 0.15) is 18.7 Å². The van der Waals surface area contributed by atoms with Gasteiger partial charge in [-0.15, -0.1) is 0 Å². The third-order valence-corrected chi connectivity index (χ3v) is 4.62. The summed E-state index contributed by atoms with van der Waals surface area (Å²) in [6, 6.07) is 19.7. The molecule has 0 fully saturated rings. The summed E-state index contributed by atoms with van der Waals surface area (Å²) in [5.41, 5.74) is 1.91. The summed E-state index contributed by atoms with van der Waals surface area (Å²) in [4.78, 5) is 0. The lowest BCUT2D eigenvalue weighted by Crippen LogP contribution is -2.00.